The van der Waals surface area contributed by atoms with Crippen LogP contribution in [0.15, 0.2) is 30.6 Å². The minimum atomic E-state index is -0.455. The largest absolute Gasteiger partial charge is 0.366 e. The summed E-state index contributed by atoms with van der Waals surface area (Å²) in [7, 11) is 0. The van der Waals surface area contributed by atoms with Crippen molar-refractivity contribution in [3.63, 3.8) is 0 Å². The first kappa shape index (κ1) is 9.59. The van der Waals surface area contributed by atoms with Crippen molar-refractivity contribution in [3.8, 4) is 11.3 Å². The van der Waals surface area contributed by atoms with Crippen molar-refractivity contribution in [2.75, 3.05) is 5.32 Å². The normalized spacial score (nSPS) is 12.2. The Kier molecular flexibility index (Phi) is 1.94. The fourth-order valence-corrected chi connectivity index (χ4v) is 1.78. The van der Waals surface area contributed by atoms with Gasteiger partial charge in [0.2, 0.25) is 5.91 Å². The smallest absolute Gasteiger partial charge is 0.248 e. The number of carbonyl (C=O) groups is 1. The molecule has 0 atom stereocenters. The first-order valence-corrected chi connectivity index (χ1v) is 5.03. The molecule has 0 bridgehead atoms. The van der Waals surface area contributed by atoms with Gasteiger partial charge in [-0.05, 0) is 18.2 Å². The van der Waals surface area contributed by atoms with Crippen LogP contribution in [-0.2, 0) is 0 Å². The topological polar surface area (TPSA) is 85.8 Å². The molecule has 1 aromatic carbocycles. The summed E-state index contributed by atoms with van der Waals surface area (Å²) < 4.78 is 1.63. The van der Waals surface area contributed by atoms with Gasteiger partial charge in [-0.25, -0.2) is 4.68 Å². The monoisotopic (exact) mass is 227 g/mol. The molecule has 0 unspecified atom stereocenters. The molecular weight excluding hydrogens is 218 g/mol. The lowest BCUT2D eigenvalue weighted by atomic mass is 10.1. The zero-order valence-corrected chi connectivity index (χ0v) is 8.79. The molecule has 1 aliphatic heterocycles. The third-order valence-corrected chi connectivity index (χ3v) is 2.61. The number of nitrogens with zero attached hydrogens (tertiary/aromatic N) is 3. The van der Waals surface area contributed by atoms with Crippen molar-refractivity contribution < 1.29 is 4.79 Å². The molecule has 3 N–H and O–H groups in total. The molecule has 0 saturated heterocycles. The van der Waals surface area contributed by atoms with Crippen molar-refractivity contribution in [1.29, 1.82) is 0 Å². The number of carbonyl (C=O) groups excluding carboxylic acids is 1. The van der Waals surface area contributed by atoms with E-state index in [1.165, 1.54) is 0 Å². The van der Waals surface area contributed by atoms with Gasteiger partial charge < -0.3 is 11.1 Å². The Bertz CT molecular complexity index is 629. The van der Waals surface area contributed by atoms with Crippen LogP contribution in [0.1, 0.15) is 10.4 Å². The number of aromatic nitrogens is 3. The van der Waals surface area contributed by atoms with Gasteiger partial charge in [0.1, 0.15) is 0 Å². The number of hydrogen-bond acceptors (Lipinski definition) is 4. The number of primary amides is 1. The van der Waals surface area contributed by atoms with E-state index in [9.17, 15) is 4.79 Å². The lowest BCUT2D eigenvalue weighted by Crippen LogP contribution is -2.11. The van der Waals surface area contributed by atoms with Crippen molar-refractivity contribution in [2.24, 2.45) is 5.73 Å². The summed E-state index contributed by atoms with van der Waals surface area (Å²) >= 11 is 0. The first-order chi connectivity index (χ1) is 8.25. The zero-order chi connectivity index (χ0) is 11.8. The minimum absolute atomic E-state index is 0.455. The van der Waals surface area contributed by atoms with E-state index in [1.807, 2.05) is 6.07 Å². The molecule has 0 fully saturated rings. The molecule has 1 amide bonds. The Morgan fingerprint density at radius 1 is 1.41 bits per heavy atom. The van der Waals surface area contributed by atoms with Crippen molar-refractivity contribution in [2.45, 2.75) is 0 Å². The van der Waals surface area contributed by atoms with Gasteiger partial charge in [0.05, 0.1) is 11.9 Å². The number of rotatable bonds is 1. The molecule has 0 aliphatic carbocycles. The molecule has 17 heavy (non-hydrogen) atoms. The van der Waals surface area contributed by atoms with Gasteiger partial charge in [-0.2, -0.15) is 0 Å². The standard InChI is InChI=1S/C11H9N5O/c12-11(17)7-1-2-9-8(5-7)10-6-14-15-16(10)4-3-13-9/h1-6,13H,(H2,12,17). The Hall–Kier alpha value is -2.63. The number of nitrogens with two attached hydrogens (primary N) is 1. The quantitative estimate of drug-likeness (QED) is 0.757. The molecule has 1 aromatic heterocycles. The Labute approximate surface area is 96.7 Å². The second-order valence-electron chi connectivity index (χ2n) is 3.65. The minimum Gasteiger partial charge on any atom is -0.366 e. The summed E-state index contributed by atoms with van der Waals surface area (Å²) in [5.74, 6) is -0.455. The average molecular weight is 227 g/mol. The SMILES string of the molecule is NC(=O)c1ccc2c(c1)-c1cnnn1C=CN2. The van der Waals surface area contributed by atoms with Gasteiger partial charge in [0, 0.05) is 29.2 Å². The molecular formula is C11H9N5O. The molecule has 6 nitrogen and oxygen atoms in total. The molecule has 0 spiro atoms. The number of benzene rings is 1. The summed E-state index contributed by atoms with van der Waals surface area (Å²) in [4.78, 5) is 11.2. The van der Waals surface area contributed by atoms with E-state index >= 15 is 0 Å². The molecule has 84 valence electrons. The van der Waals surface area contributed by atoms with E-state index in [1.54, 1.807) is 35.4 Å². The van der Waals surface area contributed by atoms with Gasteiger partial charge >= 0.3 is 0 Å². The zero-order valence-electron chi connectivity index (χ0n) is 8.79. The van der Waals surface area contributed by atoms with Crippen LogP contribution in [-0.4, -0.2) is 20.9 Å². The predicted molar refractivity (Wildman–Crippen MR) is 62.9 cm³/mol. The number of fused-ring (bicyclic) bond motifs is 3. The Morgan fingerprint density at radius 3 is 3.12 bits per heavy atom. The Balaban J connectivity index is 2.25. The maximum absolute atomic E-state index is 11.2. The van der Waals surface area contributed by atoms with E-state index in [2.05, 4.69) is 15.6 Å². The first-order valence-electron chi connectivity index (χ1n) is 5.03. The van der Waals surface area contributed by atoms with Gasteiger partial charge in [0.15, 0.2) is 0 Å². The maximum atomic E-state index is 11.2. The van der Waals surface area contributed by atoms with E-state index in [-0.39, 0.29) is 0 Å². The highest BCUT2D eigenvalue weighted by Gasteiger charge is 2.14. The van der Waals surface area contributed by atoms with Crippen LogP contribution < -0.4 is 11.1 Å². The van der Waals surface area contributed by atoms with E-state index in [0.717, 1.165) is 16.9 Å². The molecule has 0 radical (unpaired) electrons. The van der Waals surface area contributed by atoms with Crippen LogP contribution in [0.25, 0.3) is 17.5 Å². The lowest BCUT2D eigenvalue weighted by Gasteiger charge is -2.07. The highest BCUT2D eigenvalue weighted by atomic mass is 16.1. The van der Waals surface area contributed by atoms with Crippen LogP contribution in [0, 0.1) is 0 Å². The van der Waals surface area contributed by atoms with Gasteiger partial charge in [-0.1, -0.05) is 5.21 Å². The highest BCUT2D eigenvalue weighted by Crippen LogP contribution is 2.30. The van der Waals surface area contributed by atoms with Crippen LogP contribution in [0.2, 0.25) is 0 Å². The average Bonchev–Trinajstić information content (AvgIpc) is 2.71. The second-order valence-corrected chi connectivity index (χ2v) is 3.65. The third-order valence-electron chi connectivity index (χ3n) is 2.61. The van der Waals surface area contributed by atoms with Crippen molar-refractivity contribution in [1.82, 2.24) is 15.0 Å². The summed E-state index contributed by atoms with van der Waals surface area (Å²) in [6.07, 6.45) is 5.15. The van der Waals surface area contributed by atoms with E-state index in [0.29, 0.717) is 5.56 Å². The summed E-state index contributed by atoms with van der Waals surface area (Å²) in [5.41, 5.74) is 8.26. The third kappa shape index (κ3) is 1.46. The molecule has 2 aromatic rings. The number of anilines is 1. The molecule has 2 heterocycles. The molecule has 1 aliphatic rings. The second kappa shape index (κ2) is 3.44. The highest BCUT2D eigenvalue weighted by molar-refractivity contribution is 5.96. The maximum Gasteiger partial charge on any atom is 0.248 e. The fourth-order valence-electron chi connectivity index (χ4n) is 1.78. The van der Waals surface area contributed by atoms with Crippen molar-refractivity contribution in [3.05, 3.63) is 36.2 Å². The number of amides is 1. The Morgan fingerprint density at radius 2 is 2.29 bits per heavy atom. The van der Waals surface area contributed by atoms with E-state index < -0.39 is 5.91 Å². The lowest BCUT2D eigenvalue weighted by molar-refractivity contribution is 0.100. The van der Waals surface area contributed by atoms with Gasteiger partial charge in [-0.15, -0.1) is 5.10 Å². The summed E-state index contributed by atoms with van der Waals surface area (Å²) in [6.45, 7) is 0. The van der Waals surface area contributed by atoms with Crippen LogP contribution in [0.4, 0.5) is 5.69 Å². The number of hydrogen-bond donors (Lipinski definition) is 2. The number of nitrogens with one attached hydrogen (secondary N) is 1. The van der Waals surface area contributed by atoms with Crippen molar-refractivity contribution >= 4 is 17.8 Å². The molecule has 3 rings (SSSR count). The van der Waals surface area contributed by atoms with E-state index in [4.69, 9.17) is 5.73 Å². The summed E-state index contributed by atoms with van der Waals surface area (Å²) in [5, 5.41) is 10.9. The fraction of sp³-hybridized carbons (Fsp3) is 0. The predicted octanol–water partition coefficient (Wildman–Crippen LogP) is 0.898. The van der Waals surface area contributed by atoms with Crippen LogP contribution in [0.5, 0.6) is 0 Å². The summed E-state index contributed by atoms with van der Waals surface area (Å²) in [6, 6.07) is 5.22. The molecule has 6 heteroatoms. The van der Waals surface area contributed by atoms with Gasteiger partial charge in [0.25, 0.3) is 0 Å². The van der Waals surface area contributed by atoms with Crippen LogP contribution >= 0.6 is 0 Å². The van der Waals surface area contributed by atoms with Crippen LogP contribution in [0.3, 0.4) is 0 Å². The molecule has 0 saturated carbocycles. The van der Waals surface area contributed by atoms with Gasteiger partial charge in [-0.3, -0.25) is 4.79 Å².